The zero-order valence-corrected chi connectivity index (χ0v) is 11.6. The molecule has 0 bridgehead atoms. The van der Waals surface area contributed by atoms with E-state index in [2.05, 4.69) is 0 Å². The molecule has 1 aliphatic heterocycles. The Hall–Kier alpha value is -2.56. The van der Waals surface area contributed by atoms with Gasteiger partial charge in [0.15, 0.2) is 5.78 Å². The highest BCUT2D eigenvalue weighted by molar-refractivity contribution is 6.03. The number of hydrogen-bond acceptors (Lipinski definition) is 3. The van der Waals surface area contributed by atoms with E-state index in [0.29, 0.717) is 18.6 Å². The number of rotatable bonds is 3. The van der Waals surface area contributed by atoms with Crippen molar-refractivity contribution >= 4 is 11.8 Å². The maximum absolute atomic E-state index is 12.7. The van der Waals surface area contributed by atoms with E-state index in [1.165, 1.54) is 10.6 Å². The molecule has 0 saturated carbocycles. The number of carboxylic acid groups (broad SMARTS) is 1. The van der Waals surface area contributed by atoms with Crippen LogP contribution in [0.3, 0.4) is 0 Å². The van der Waals surface area contributed by atoms with Crippen LogP contribution in [0.25, 0.3) is 0 Å². The van der Waals surface area contributed by atoms with Crippen LogP contribution in [0, 0.1) is 0 Å². The van der Waals surface area contributed by atoms with Crippen LogP contribution in [0.1, 0.15) is 38.7 Å². The van der Waals surface area contributed by atoms with Gasteiger partial charge in [-0.25, -0.2) is 4.79 Å². The molecule has 0 spiro atoms. The largest absolute Gasteiger partial charge is 0.493 e. The van der Waals surface area contributed by atoms with Gasteiger partial charge in [-0.3, -0.25) is 4.79 Å². The number of hydrogen-bond donors (Lipinski definition) is 1. The number of ether oxygens (including phenoxy) is 1. The second kappa shape index (κ2) is 5.09. The number of Topliss-reactive ketones (excluding diaryl/α,β-unsaturated/α-hetero) is 1. The fraction of sp³-hybridized carbons (Fsp3) is 0.250. The van der Waals surface area contributed by atoms with Crippen molar-refractivity contribution in [2.45, 2.75) is 12.3 Å². The second-order valence-corrected chi connectivity index (χ2v) is 5.12. The van der Waals surface area contributed by atoms with Crippen molar-refractivity contribution in [3.8, 4) is 5.75 Å². The molecule has 2 aromatic rings. The first-order valence-electron chi connectivity index (χ1n) is 6.73. The lowest BCUT2D eigenvalue weighted by atomic mass is 9.87. The van der Waals surface area contributed by atoms with Gasteiger partial charge in [0.05, 0.1) is 12.5 Å². The van der Waals surface area contributed by atoms with E-state index in [1.807, 2.05) is 24.3 Å². The minimum Gasteiger partial charge on any atom is -0.493 e. The minimum absolute atomic E-state index is 0.0612. The molecule has 1 N–H and O–H groups in total. The van der Waals surface area contributed by atoms with Gasteiger partial charge in [0.25, 0.3) is 0 Å². The lowest BCUT2D eigenvalue weighted by molar-refractivity contribution is 0.0686. The molecule has 5 heteroatoms. The van der Waals surface area contributed by atoms with Gasteiger partial charge >= 0.3 is 5.97 Å². The number of benzene rings is 1. The first-order valence-corrected chi connectivity index (χ1v) is 6.73. The Morgan fingerprint density at radius 2 is 2.10 bits per heavy atom. The molecule has 1 aromatic heterocycles. The maximum atomic E-state index is 12.7. The number of aromatic nitrogens is 1. The van der Waals surface area contributed by atoms with Gasteiger partial charge in [0.1, 0.15) is 11.4 Å². The third-order valence-electron chi connectivity index (χ3n) is 3.78. The van der Waals surface area contributed by atoms with Gasteiger partial charge in [0, 0.05) is 24.4 Å². The summed E-state index contributed by atoms with van der Waals surface area (Å²) in [5.41, 5.74) is 1.41. The quantitative estimate of drug-likeness (QED) is 0.880. The van der Waals surface area contributed by atoms with Crippen LogP contribution in [-0.2, 0) is 7.05 Å². The summed E-state index contributed by atoms with van der Waals surface area (Å²) in [6, 6.07) is 8.92. The fourth-order valence-electron chi connectivity index (χ4n) is 2.73. The average molecular weight is 285 g/mol. The topological polar surface area (TPSA) is 68.5 Å². The van der Waals surface area contributed by atoms with Crippen LogP contribution in [0.5, 0.6) is 5.75 Å². The van der Waals surface area contributed by atoms with Crippen molar-refractivity contribution in [1.82, 2.24) is 4.57 Å². The van der Waals surface area contributed by atoms with Crippen LogP contribution in [-0.4, -0.2) is 28.0 Å². The molecule has 0 saturated heterocycles. The summed E-state index contributed by atoms with van der Waals surface area (Å²) in [7, 11) is 1.62. The van der Waals surface area contributed by atoms with E-state index in [9.17, 15) is 9.59 Å². The Morgan fingerprint density at radius 3 is 2.81 bits per heavy atom. The molecule has 1 atom stereocenters. The summed E-state index contributed by atoms with van der Waals surface area (Å²) in [6.07, 6.45) is 2.18. The lowest BCUT2D eigenvalue weighted by Gasteiger charge is -2.24. The number of carbonyl (C=O) groups is 2. The standard InChI is InChI=1S/C16H15NO4/c1-17-9-10(8-13(17)16(19)20)15(18)12-6-7-21-14-5-3-2-4-11(12)14/h2-5,8-9,12H,6-7H2,1H3,(H,19,20). The molecule has 5 nitrogen and oxygen atoms in total. The smallest absolute Gasteiger partial charge is 0.352 e. The van der Waals surface area contributed by atoms with E-state index in [1.54, 1.807) is 13.2 Å². The van der Waals surface area contributed by atoms with Gasteiger partial charge < -0.3 is 14.4 Å². The summed E-state index contributed by atoms with van der Waals surface area (Å²) in [5.74, 6) is -0.645. The van der Waals surface area contributed by atoms with Gasteiger partial charge in [0.2, 0.25) is 0 Å². The normalized spacial score (nSPS) is 16.9. The van der Waals surface area contributed by atoms with E-state index < -0.39 is 5.97 Å². The first-order chi connectivity index (χ1) is 10.1. The van der Waals surface area contributed by atoms with Crippen LogP contribution >= 0.6 is 0 Å². The highest BCUT2D eigenvalue weighted by atomic mass is 16.5. The first kappa shape index (κ1) is 13.4. The Labute approximate surface area is 121 Å². The number of aromatic carboxylic acids is 1. The predicted molar refractivity (Wildman–Crippen MR) is 76.0 cm³/mol. The molecule has 0 aliphatic carbocycles. The van der Waals surface area contributed by atoms with Crippen LogP contribution in [0.2, 0.25) is 0 Å². The van der Waals surface area contributed by atoms with Gasteiger partial charge in [-0.15, -0.1) is 0 Å². The average Bonchev–Trinajstić information content (AvgIpc) is 2.88. The fourth-order valence-corrected chi connectivity index (χ4v) is 2.73. The maximum Gasteiger partial charge on any atom is 0.352 e. The van der Waals surface area contributed by atoms with Crippen molar-refractivity contribution in [1.29, 1.82) is 0 Å². The zero-order chi connectivity index (χ0) is 15.0. The molecular formula is C16H15NO4. The highest BCUT2D eigenvalue weighted by Gasteiger charge is 2.29. The number of ketones is 1. The number of fused-ring (bicyclic) bond motifs is 1. The summed E-state index contributed by atoms with van der Waals surface area (Å²) in [6.45, 7) is 0.492. The predicted octanol–water partition coefficient (Wildman–Crippen LogP) is 2.47. The molecule has 2 heterocycles. The molecule has 0 amide bonds. The molecule has 0 fully saturated rings. The number of nitrogens with zero attached hydrogens (tertiary/aromatic N) is 1. The van der Waals surface area contributed by atoms with Crippen molar-refractivity contribution < 1.29 is 19.4 Å². The number of aryl methyl sites for hydroxylation is 1. The Morgan fingerprint density at radius 1 is 1.33 bits per heavy atom. The van der Waals surface area contributed by atoms with E-state index in [-0.39, 0.29) is 17.4 Å². The third kappa shape index (κ3) is 2.31. The van der Waals surface area contributed by atoms with E-state index in [4.69, 9.17) is 9.84 Å². The molecule has 21 heavy (non-hydrogen) atoms. The molecule has 1 aromatic carbocycles. The summed E-state index contributed by atoms with van der Waals surface area (Å²) >= 11 is 0. The summed E-state index contributed by atoms with van der Waals surface area (Å²) < 4.78 is 7.01. The SMILES string of the molecule is Cn1cc(C(=O)C2CCOc3ccccc32)cc1C(=O)O. The number of carboxylic acids is 1. The van der Waals surface area contributed by atoms with Crippen LogP contribution < -0.4 is 4.74 Å². The summed E-state index contributed by atoms with van der Waals surface area (Å²) in [5, 5.41) is 9.08. The summed E-state index contributed by atoms with van der Waals surface area (Å²) in [4.78, 5) is 23.8. The molecule has 3 rings (SSSR count). The third-order valence-corrected chi connectivity index (χ3v) is 3.78. The highest BCUT2D eigenvalue weighted by Crippen LogP contribution is 2.35. The number of para-hydroxylation sites is 1. The Kier molecular flexibility index (Phi) is 3.25. The van der Waals surface area contributed by atoms with E-state index >= 15 is 0 Å². The van der Waals surface area contributed by atoms with E-state index in [0.717, 1.165) is 11.3 Å². The van der Waals surface area contributed by atoms with Crippen LogP contribution in [0.15, 0.2) is 36.5 Å². The molecule has 1 aliphatic rings. The van der Waals surface area contributed by atoms with Crippen LogP contribution in [0.4, 0.5) is 0 Å². The minimum atomic E-state index is -1.04. The lowest BCUT2D eigenvalue weighted by Crippen LogP contribution is -2.21. The molecule has 0 radical (unpaired) electrons. The van der Waals surface area contributed by atoms with Gasteiger partial charge in [-0.2, -0.15) is 0 Å². The van der Waals surface area contributed by atoms with Gasteiger partial charge in [-0.05, 0) is 18.6 Å². The Bertz CT molecular complexity index is 717. The molecular weight excluding hydrogens is 270 g/mol. The van der Waals surface area contributed by atoms with Gasteiger partial charge in [-0.1, -0.05) is 18.2 Å². The molecule has 1 unspecified atom stereocenters. The molecule has 108 valence electrons. The van der Waals surface area contributed by atoms with Crippen molar-refractivity contribution in [3.63, 3.8) is 0 Å². The van der Waals surface area contributed by atoms with Crippen molar-refractivity contribution in [3.05, 3.63) is 53.3 Å². The van der Waals surface area contributed by atoms with Crippen molar-refractivity contribution in [2.24, 2.45) is 7.05 Å². The number of carbonyl (C=O) groups excluding carboxylic acids is 1. The van der Waals surface area contributed by atoms with Crippen molar-refractivity contribution in [2.75, 3.05) is 6.61 Å². The monoisotopic (exact) mass is 285 g/mol. The Balaban J connectivity index is 1.97. The zero-order valence-electron chi connectivity index (χ0n) is 11.6. The second-order valence-electron chi connectivity index (χ2n) is 5.12.